The maximum Gasteiger partial charge on any atom is 0.264 e. The van der Waals surface area contributed by atoms with Gasteiger partial charge in [0.15, 0.2) is 0 Å². The van der Waals surface area contributed by atoms with E-state index in [9.17, 15) is 18.0 Å². The molecule has 7 nitrogen and oxygen atoms in total. The molecule has 202 valence electrons. The zero-order valence-electron chi connectivity index (χ0n) is 22.8. The quantitative estimate of drug-likeness (QED) is 0.384. The van der Waals surface area contributed by atoms with Crippen molar-refractivity contribution in [3.05, 3.63) is 95.1 Å². The lowest BCUT2D eigenvalue weighted by Crippen LogP contribution is -2.51. The number of nitrogens with one attached hydrogen (secondary N) is 1. The number of para-hydroxylation sites is 1. The van der Waals surface area contributed by atoms with Gasteiger partial charge in [0.2, 0.25) is 11.8 Å². The summed E-state index contributed by atoms with van der Waals surface area (Å²) in [5, 5.41) is 2.86. The molecule has 8 heteroatoms. The number of benzene rings is 3. The summed E-state index contributed by atoms with van der Waals surface area (Å²) in [4.78, 5) is 28.4. The van der Waals surface area contributed by atoms with Gasteiger partial charge in [0.05, 0.1) is 10.6 Å². The summed E-state index contributed by atoms with van der Waals surface area (Å²) in [6.07, 6.45) is 0.764. The summed E-state index contributed by atoms with van der Waals surface area (Å²) in [6, 6.07) is 20.5. The Hall–Kier alpha value is -3.65. The zero-order valence-corrected chi connectivity index (χ0v) is 23.6. The Kier molecular flexibility index (Phi) is 9.69. The highest BCUT2D eigenvalue weighted by atomic mass is 32.2. The van der Waals surface area contributed by atoms with E-state index in [0.29, 0.717) is 12.2 Å². The molecule has 1 atom stereocenters. The van der Waals surface area contributed by atoms with Gasteiger partial charge >= 0.3 is 0 Å². The van der Waals surface area contributed by atoms with E-state index in [2.05, 4.69) is 5.32 Å². The molecule has 0 spiro atoms. The molecule has 0 aliphatic heterocycles. The monoisotopic (exact) mass is 535 g/mol. The Bertz CT molecular complexity index is 1370. The second kappa shape index (κ2) is 12.7. The van der Waals surface area contributed by atoms with E-state index in [1.165, 1.54) is 4.90 Å². The fourth-order valence-electron chi connectivity index (χ4n) is 4.18. The molecule has 0 aliphatic carbocycles. The lowest BCUT2D eigenvalue weighted by Gasteiger charge is -2.32. The molecule has 3 rings (SSSR count). The van der Waals surface area contributed by atoms with Crippen LogP contribution in [0, 0.1) is 20.8 Å². The van der Waals surface area contributed by atoms with Crippen molar-refractivity contribution in [2.45, 2.75) is 58.5 Å². The molecule has 3 aromatic rings. The number of hydrogen-bond acceptors (Lipinski definition) is 4. The lowest BCUT2D eigenvalue weighted by atomic mass is 10.1. The Morgan fingerprint density at radius 2 is 1.58 bits per heavy atom. The highest BCUT2D eigenvalue weighted by molar-refractivity contribution is 7.92. The van der Waals surface area contributed by atoms with Crippen LogP contribution in [0.5, 0.6) is 0 Å². The maximum absolute atomic E-state index is 13.9. The summed E-state index contributed by atoms with van der Waals surface area (Å²) >= 11 is 0. The second-order valence-electron chi connectivity index (χ2n) is 9.59. The zero-order chi connectivity index (χ0) is 27.9. The third-order valence-corrected chi connectivity index (χ3v) is 8.20. The van der Waals surface area contributed by atoms with Crippen molar-refractivity contribution in [2.75, 3.05) is 17.4 Å². The smallest absolute Gasteiger partial charge is 0.264 e. The molecule has 0 saturated heterocycles. The van der Waals surface area contributed by atoms with Gasteiger partial charge in [0.25, 0.3) is 10.0 Å². The number of hydrogen-bond donors (Lipinski definition) is 1. The molecular formula is C30H37N3O4S. The second-order valence-corrected chi connectivity index (χ2v) is 11.5. The summed E-state index contributed by atoms with van der Waals surface area (Å²) < 4.78 is 28.9. The van der Waals surface area contributed by atoms with E-state index in [4.69, 9.17) is 0 Å². The maximum atomic E-state index is 13.9. The number of aryl methyl sites for hydroxylation is 3. The van der Waals surface area contributed by atoms with Crippen molar-refractivity contribution in [3.63, 3.8) is 0 Å². The number of amides is 2. The van der Waals surface area contributed by atoms with Crippen LogP contribution >= 0.6 is 0 Å². The molecule has 0 aromatic heterocycles. The Balaban J connectivity index is 2.03. The number of carbonyl (C=O) groups is 2. The van der Waals surface area contributed by atoms with Crippen LogP contribution in [0.25, 0.3) is 0 Å². The van der Waals surface area contributed by atoms with E-state index < -0.39 is 28.5 Å². The van der Waals surface area contributed by atoms with E-state index in [1.807, 2.05) is 64.1 Å². The molecule has 3 aromatic carbocycles. The first-order chi connectivity index (χ1) is 18.0. The number of nitrogens with zero attached hydrogens (tertiary/aromatic N) is 2. The molecule has 0 aliphatic rings. The Labute approximate surface area is 226 Å². The molecule has 1 N–H and O–H groups in total. The predicted octanol–water partition coefficient (Wildman–Crippen LogP) is 4.75. The summed E-state index contributed by atoms with van der Waals surface area (Å²) in [6.45, 7) is 9.50. The van der Waals surface area contributed by atoms with Gasteiger partial charge in [-0.25, -0.2) is 8.42 Å². The average molecular weight is 536 g/mol. The number of carbonyl (C=O) groups excluding carboxylic acids is 2. The van der Waals surface area contributed by atoms with Gasteiger partial charge in [-0.1, -0.05) is 72.6 Å². The fraction of sp³-hybridized carbons (Fsp3) is 0.333. The van der Waals surface area contributed by atoms with Crippen LogP contribution in [0.15, 0.2) is 77.7 Å². The van der Waals surface area contributed by atoms with Crippen molar-refractivity contribution >= 4 is 27.5 Å². The van der Waals surface area contributed by atoms with Gasteiger partial charge in [0.1, 0.15) is 12.6 Å². The lowest BCUT2D eigenvalue weighted by molar-refractivity contribution is -0.139. The first-order valence-electron chi connectivity index (χ1n) is 12.8. The fourth-order valence-corrected chi connectivity index (χ4v) is 5.66. The van der Waals surface area contributed by atoms with Gasteiger partial charge < -0.3 is 10.2 Å². The minimum atomic E-state index is -4.08. The summed E-state index contributed by atoms with van der Waals surface area (Å²) in [5.41, 5.74) is 3.95. The average Bonchev–Trinajstić information content (AvgIpc) is 2.89. The van der Waals surface area contributed by atoms with Crippen molar-refractivity contribution in [3.8, 4) is 0 Å². The topological polar surface area (TPSA) is 86.8 Å². The standard InChI is InChI=1S/C30H37N3O4S/c1-6-18-31-30(35)25(5)32(20-26-12-9-10-23(3)19-26)29(34)21-33(28-13-8-7-11-24(28)4)38(36,37)27-16-14-22(2)15-17-27/h7-17,19,25H,6,18,20-21H2,1-5H3,(H,31,35)/t25-/m0/s1. The third kappa shape index (κ3) is 7.01. The predicted molar refractivity (Wildman–Crippen MR) is 151 cm³/mol. The number of rotatable bonds is 11. The van der Waals surface area contributed by atoms with Crippen LogP contribution in [0.1, 0.15) is 42.5 Å². The SMILES string of the molecule is CCCNC(=O)[C@H](C)N(Cc1cccc(C)c1)C(=O)CN(c1ccccc1C)S(=O)(=O)c1ccc(C)cc1. The van der Waals surface area contributed by atoms with Crippen LogP contribution in [0.2, 0.25) is 0 Å². The Morgan fingerprint density at radius 1 is 0.895 bits per heavy atom. The molecule has 38 heavy (non-hydrogen) atoms. The minimum Gasteiger partial charge on any atom is -0.354 e. The molecule has 0 radical (unpaired) electrons. The molecule has 0 heterocycles. The van der Waals surface area contributed by atoms with Crippen LogP contribution in [0.4, 0.5) is 5.69 Å². The van der Waals surface area contributed by atoms with Crippen molar-refractivity contribution in [2.24, 2.45) is 0 Å². The van der Waals surface area contributed by atoms with Crippen LogP contribution < -0.4 is 9.62 Å². The minimum absolute atomic E-state index is 0.0955. The number of sulfonamides is 1. The van der Waals surface area contributed by atoms with Crippen molar-refractivity contribution in [1.29, 1.82) is 0 Å². The van der Waals surface area contributed by atoms with Gasteiger partial charge in [-0.15, -0.1) is 0 Å². The van der Waals surface area contributed by atoms with Crippen LogP contribution in [0.3, 0.4) is 0 Å². The van der Waals surface area contributed by atoms with Gasteiger partial charge in [-0.2, -0.15) is 0 Å². The van der Waals surface area contributed by atoms with E-state index in [-0.39, 0.29) is 17.3 Å². The van der Waals surface area contributed by atoms with Crippen LogP contribution in [-0.2, 0) is 26.2 Å². The van der Waals surface area contributed by atoms with Crippen LogP contribution in [-0.4, -0.2) is 44.3 Å². The van der Waals surface area contributed by atoms with E-state index >= 15 is 0 Å². The molecule has 0 bridgehead atoms. The van der Waals surface area contributed by atoms with Gasteiger partial charge in [0, 0.05) is 13.1 Å². The molecule has 0 fully saturated rings. The molecule has 0 unspecified atom stereocenters. The highest BCUT2D eigenvalue weighted by Gasteiger charge is 2.33. The summed E-state index contributed by atoms with van der Waals surface area (Å²) in [7, 11) is -4.08. The molecular weight excluding hydrogens is 498 g/mol. The van der Waals surface area contributed by atoms with Crippen molar-refractivity contribution in [1.82, 2.24) is 10.2 Å². The summed E-state index contributed by atoms with van der Waals surface area (Å²) in [5.74, 6) is -0.749. The largest absolute Gasteiger partial charge is 0.354 e. The first-order valence-corrected chi connectivity index (χ1v) is 14.3. The van der Waals surface area contributed by atoms with E-state index in [1.54, 1.807) is 43.3 Å². The number of anilines is 1. The first kappa shape index (κ1) is 28.9. The highest BCUT2D eigenvalue weighted by Crippen LogP contribution is 2.27. The van der Waals surface area contributed by atoms with Gasteiger partial charge in [-0.3, -0.25) is 13.9 Å². The molecule has 0 saturated carbocycles. The third-order valence-electron chi connectivity index (χ3n) is 6.42. The Morgan fingerprint density at radius 3 is 2.21 bits per heavy atom. The van der Waals surface area contributed by atoms with Gasteiger partial charge in [-0.05, 0) is 63.4 Å². The normalized spacial score (nSPS) is 12.0. The van der Waals surface area contributed by atoms with E-state index in [0.717, 1.165) is 33.0 Å². The molecule has 2 amide bonds. The van der Waals surface area contributed by atoms with Crippen molar-refractivity contribution < 1.29 is 18.0 Å².